The minimum absolute atomic E-state index is 0.0784. The van der Waals surface area contributed by atoms with Crippen molar-refractivity contribution >= 4 is 11.8 Å². The minimum Gasteiger partial charge on any atom is -0.493 e. The summed E-state index contributed by atoms with van der Waals surface area (Å²) in [6, 6.07) is 15.2. The summed E-state index contributed by atoms with van der Waals surface area (Å²) < 4.78 is 10.5. The van der Waals surface area contributed by atoms with Gasteiger partial charge in [0.05, 0.1) is 20.3 Å². The number of nitrogens with one attached hydrogen (secondary N) is 1. The lowest BCUT2D eigenvalue weighted by atomic mass is 10.1. The summed E-state index contributed by atoms with van der Waals surface area (Å²) in [5, 5.41) is 2.97. The first-order valence-electron chi connectivity index (χ1n) is 9.25. The molecule has 28 heavy (non-hydrogen) atoms. The Morgan fingerprint density at radius 1 is 1.04 bits per heavy atom. The van der Waals surface area contributed by atoms with Crippen molar-refractivity contribution in [2.75, 3.05) is 20.8 Å². The Balaban J connectivity index is 1.94. The van der Waals surface area contributed by atoms with E-state index in [1.807, 2.05) is 49.4 Å². The summed E-state index contributed by atoms with van der Waals surface area (Å²) in [6.07, 6.45) is 0.240. The van der Waals surface area contributed by atoms with Gasteiger partial charge in [-0.15, -0.1) is 0 Å². The number of rotatable bonds is 9. The molecule has 2 amide bonds. The lowest BCUT2D eigenvalue weighted by molar-refractivity contribution is -0.130. The first-order chi connectivity index (χ1) is 13.4. The summed E-state index contributed by atoms with van der Waals surface area (Å²) in [4.78, 5) is 26.0. The van der Waals surface area contributed by atoms with Crippen molar-refractivity contribution in [3.63, 3.8) is 0 Å². The van der Waals surface area contributed by atoms with Gasteiger partial charge in [0.25, 0.3) is 0 Å². The SMILES string of the molecule is COc1ccc(CN(CCC(=O)NC(C)c2ccccc2)C(C)=O)cc1OC. The molecule has 0 saturated carbocycles. The van der Waals surface area contributed by atoms with Crippen LogP contribution in [0.4, 0.5) is 0 Å². The number of ether oxygens (including phenoxy) is 2. The van der Waals surface area contributed by atoms with Crippen LogP contribution < -0.4 is 14.8 Å². The minimum atomic E-state index is -0.0880. The maximum absolute atomic E-state index is 12.3. The molecular formula is C22H28N2O4. The fourth-order valence-electron chi connectivity index (χ4n) is 2.92. The van der Waals surface area contributed by atoms with Gasteiger partial charge in [-0.25, -0.2) is 0 Å². The van der Waals surface area contributed by atoms with Gasteiger partial charge in [0.1, 0.15) is 0 Å². The lowest BCUT2D eigenvalue weighted by Crippen LogP contribution is -2.34. The second-order valence-electron chi connectivity index (χ2n) is 6.58. The zero-order chi connectivity index (χ0) is 20.5. The number of hydrogen-bond donors (Lipinski definition) is 1. The van der Waals surface area contributed by atoms with Crippen LogP contribution in [0.5, 0.6) is 11.5 Å². The first-order valence-corrected chi connectivity index (χ1v) is 9.25. The highest BCUT2D eigenvalue weighted by Gasteiger charge is 2.15. The summed E-state index contributed by atoms with van der Waals surface area (Å²) in [6.45, 7) is 4.19. The molecule has 1 N–H and O–H groups in total. The molecule has 0 aliphatic rings. The zero-order valence-electron chi connectivity index (χ0n) is 16.9. The molecule has 0 spiro atoms. The molecule has 0 aliphatic carbocycles. The number of nitrogens with zero attached hydrogens (tertiary/aromatic N) is 1. The van der Waals surface area contributed by atoms with Gasteiger partial charge in [0.15, 0.2) is 11.5 Å². The van der Waals surface area contributed by atoms with E-state index in [1.54, 1.807) is 25.2 Å². The smallest absolute Gasteiger partial charge is 0.222 e. The van der Waals surface area contributed by atoms with Crippen LogP contribution in [0.2, 0.25) is 0 Å². The molecule has 0 bridgehead atoms. The number of hydrogen-bond acceptors (Lipinski definition) is 4. The number of benzene rings is 2. The van der Waals surface area contributed by atoms with E-state index in [4.69, 9.17) is 9.47 Å². The van der Waals surface area contributed by atoms with Crippen LogP contribution in [-0.4, -0.2) is 37.5 Å². The second-order valence-corrected chi connectivity index (χ2v) is 6.58. The van der Waals surface area contributed by atoms with E-state index in [2.05, 4.69) is 5.32 Å². The van der Waals surface area contributed by atoms with Crippen LogP contribution in [0, 0.1) is 0 Å². The van der Waals surface area contributed by atoms with E-state index in [1.165, 1.54) is 6.92 Å². The third-order valence-corrected chi connectivity index (χ3v) is 4.55. The Morgan fingerprint density at radius 2 is 1.71 bits per heavy atom. The van der Waals surface area contributed by atoms with Crippen molar-refractivity contribution < 1.29 is 19.1 Å². The number of carbonyl (C=O) groups excluding carboxylic acids is 2. The van der Waals surface area contributed by atoms with Crippen molar-refractivity contribution in [3.8, 4) is 11.5 Å². The molecule has 150 valence electrons. The summed E-state index contributed by atoms with van der Waals surface area (Å²) >= 11 is 0. The van der Waals surface area contributed by atoms with Crippen molar-refractivity contribution in [1.29, 1.82) is 0 Å². The van der Waals surface area contributed by atoms with E-state index in [0.29, 0.717) is 24.6 Å². The molecule has 1 atom stereocenters. The van der Waals surface area contributed by atoms with Gasteiger partial charge in [0, 0.05) is 26.4 Å². The van der Waals surface area contributed by atoms with Gasteiger partial charge < -0.3 is 19.7 Å². The molecule has 0 saturated heterocycles. The van der Waals surface area contributed by atoms with E-state index < -0.39 is 0 Å². The third kappa shape index (κ3) is 6.01. The Morgan fingerprint density at radius 3 is 2.32 bits per heavy atom. The molecule has 2 aromatic carbocycles. The highest BCUT2D eigenvalue weighted by Crippen LogP contribution is 2.28. The standard InChI is InChI=1S/C22H28N2O4/c1-16(19-8-6-5-7-9-19)23-22(26)12-13-24(17(2)25)15-18-10-11-20(27-3)21(14-18)28-4/h5-11,14,16H,12-13,15H2,1-4H3,(H,23,26). The topological polar surface area (TPSA) is 67.9 Å². The highest BCUT2D eigenvalue weighted by atomic mass is 16.5. The maximum Gasteiger partial charge on any atom is 0.222 e. The molecule has 2 rings (SSSR count). The van der Waals surface area contributed by atoms with Crippen LogP contribution in [0.1, 0.15) is 37.4 Å². The highest BCUT2D eigenvalue weighted by molar-refractivity contribution is 5.78. The molecule has 0 aromatic heterocycles. The largest absolute Gasteiger partial charge is 0.493 e. The van der Waals surface area contributed by atoms with Crippen molar-refractivity contribution in [3.05, 3.63) is 59.7 Å². The average Bonchev–Trinajstić information content (AvgIpc) is 2.71. The van der Waals surface area contributed by atoms with Gasteiger partial charge in [-0.05, 0) is 30.2 Å². The normalized spacial score (nSPS) is 11.4. The van der Waals surface area contributed by atoms with E-state index >= 15 is 0 Å². The number of amides is 2. The van der Waals surface area contributed by atoms with Gasteiger partial charge in [-0.1, -0.05) is 36.4 Å². The Hall–Kier alpha value is -3.02. The van der Waals surface area contributed by atoms with Crippen LogP contribution in [-0.2, 0) is 16.1 Å². The Labute approximate surface area is 166 Å². The molecule has 0 heterocycles. The van der Waals surface area contributed by atoms with Gasteiger partial charge in [-0.3, -0.25) is 9.59 Å². The van der Waals surface area contributed by atoms with Crippen molar-refractivity contribution in [1.82, 2.24) is 10.2 Å². The molecule has 0 fully saturated rings. The fourth-order valence-corrected chi connectivity index (χ4v) is 2.92. The quantitative estimate of drug-likeness (QED) is 0.720. The first kappa shape index (κ1) is 21.3. The summed E-state index contributed by atoms with van der Waals surface area (Å²) in [7, 11) is 3.15. The summed E-state index contributed by atoms with van der Waals surface area (Å²) in [5.41, 5.74) is 1.95. The van der Waals surface area contributed by atoms with Crippen molar-refractivity contribution in [2.24, 2.45) is 0 Å². The molecule has 2 aromatic rings. The van der Waals surface area contributed by atoms with Crippen LogP contribution in [0.25, 0.3) is 0 Å². The second kappa shape index (κ2) is 10.3. The average molecular weight is 384 g/mol. The number of carbonyl (C=O) groups is 2. The predicted molar refractivity (Wildman–Crippen MR) is 108 cm³/mol. The molecule has 1 unspecified atom stereocenters. The Kier molecular flexibility index (Phi) is 7.87. The molecule has 6 nitrogen and oxygen atoms in total. The molecule has 6 heteroatoms. The van der Waals surface area contributed by atoms with E-state index in [9.17, 15) is 9.59 Å². The van der Waals surface area contributed by atoms with Crippen LogP contribution >= 0.6 is 0 Å². The van der Waals surface area contributed by atoms with Gasteiger partial charge >= 0.3 is 0 Å². The summed E-state index contributed by atoms with van der Waals surface area (Å²) in [5.74, 6) is 1.07. The van der Waals surface area contributed by atoms with Crippen molar-refractivity contribution in [2.45, 2.75) is 32.9 Å². The lowest BCUT2D eigenvalue weighted by Gasteiger charge is -2.22. The molecule has 0 aliphatic heterocycles. The van der Waals surface area contributed by atoms with Gasteiger partial charge in [-0.2, -0.15) is 0 Å². The van der Waals surface area contributed by atoms with E-state index in [-0.39, 0.29) is 24.3 Å². The monoisotopic (exact) mass is 384 g/mol. The number of methoxy groups -OCH3 is 2. The van der Waals surface area contributed by atoms with Crippen LogP contribution in [0.15, 0.2) is 48.5 Å². The predicted octanol–water partition coefficient (Wildman–Crippen LogP) is 3.32. The zero-order valence-corrected chi connectivity index (χ0v) is 16.9. The fraction of sp³-hybridized carbons (Fsp3) is 0.364. The Bertz CT molecular complexity index is 792. The molecule has 0 radical (unpaired) electrons. The van der Waals surface area contributed by atoms with Gasteiger partial charge in [0.2, 0.25) is 11.8 Å². The maximum atomic E-state index is 12.3. The third-order valence-electron chi connectivity index (χ3n) is 4.55. The van der Waals surface area contributed by atoms with E-state index in [0.717, 1.165) is 11.1 Å². The van der Waals surface area contributed by atoms with Crippen LogP contribution in [0.3, 0.4) is 0 Å². The molecular weight excluding hydrogens is 356 g/mol.